The van der Waals surface area contributed by atoms with E-state index in [0.29, 0.717) is 6.54 Å². The number of ether oxygens (including phenoxy) is 1. The van der Waals surface area contributed by atoms with Crippen molar-refractivity contribution in [2.75, 3.05) is 31.1 Å². The van der Waals surface area contributed by atoms with Crippen molar-refractivity contribution in [2.45, 2.75) is 52.3 Å². The Balaban J connectivity index is 1.42. The summed E-state index contributed by atoms with van der Waals surface area (Å²) in [6.07, 6.45) is 1.90. The van der Waals surface area contributed by atoms with Gasteiger partial charge in [-0.05, 0) is 45.7 Å². The maximum atomic E-state index is 12.4. The topological polar surface area (TPSA) is 50.6 Å². The molecular weight excluding hydrogens is 352 g/mol. The van der Waals surface area contributed by atoms with Crippen molar-refractivity contribution in [1.29, 1.82) is 0 Å². The van der Waals surface area contributed by atoms with Crippen LogP contribution in [0.15, 0.2) is 30.3 Å². The number of rotatable bonds is 4. The molecule has 0 radical (unpaired) electrons. The summed E-state index contributed by atoms with van der Waals surface area (Å²) in [5.74, 6) is 0.0532. The highest BCUT2D eigenvalue weighted by Gasteiger charge is 2.42. The Morgan fingerprint density at radius 2 is 1.86 bits per heavy atom. The Labute approximate surface area is 167 Å². The lowest BCUT2D eigenvalue weighted by atomic mass is 9.88. The van der Waals surface area contributed by atoms with Crippen LogP contribution in [0, 0.1) is 13.8 Å². The number of carbonyl (C=O) groups is 1. The summed E-state index contributed by atoms with van der Waals surface area (Å²) in [6.45, 7) is 11.0. The van der Waals surface area contributed by atoms with Gasteiger partial charge in [0.1, 0.15) is 6.61 Å². The predicted octanol–water partition coefficient (Wildman–Crippen LogP) is 2.92. The molecule has 150 valence electrons. The Kier molecular flexibility index (Phi) is 5.25. The molecule has 6 nitrogen and oxygen atoms in total. The number of nitrogens with zero attached hydrogens (tertiary/aromatic N) is 4. The molecule has 1 amide bonds. The molecule has 3 heterocycles. The van der Waals surface area contributed by atoms with Crippen LogP contribution in [0.5, 0.6) is 0 Å². The van der Waals surface area contributed by atoms with Crippen molar-refractivity contribution >= 4 is 11.6 Å². The Morgan fingerprint density at radius 1 is 1.14 bits per heavy atom. The number of anilines is 1. The highest BCUT2D eigenvalue weighted by molar-refractivity contribution is 5.95. The van der Waals surface area contributed by atoms with E-state index in [1.54, 1.807) is 0 Å². The monoisotopic (exact) mass is 382 g/mol. The highest BCUT2D eigenvalue weighted by atomic mass is 16.5. The molecule has 2 aliphatic heterocycles. The Bertz CT molecular complexity index is 838. The number of morpholine rings is 1. The number of hydrogen-bond donors (Lipinski definition) is 0. The van der Waals surface area contributed by atoms with Crippen LogP contribution in [0.4, 0.5) is 5.69 Å². The minimum absolute atomic E-state index is 0.0532. The van der Waals surface area contributed by atoms with Gasteiger partial charge in [0.05, 0.1) is 17.8 Å². The first kappa shape index (κ1) is 19.2. The molecule has 0 bridgehead atoms. The van der Waals surface area contributed by atoms with Gasteiger partial charge in [-0.25, -0.2) is 0 Å². The van der Waals surface area contributed by atoms with Crippen LogP contribution in [0.2, 0.25) is 0 Å². The van der Waals surface area contributed by atoms with Gasteiger partial charge in [0, 0.05) is 43.1 Å². The van der Waals surface area contributed by atoms with Gasteiger partial charge >= 0.3 is 0 Å². The van der Waals surface area contributed by atoms with Gasteiger partial charge < -0.3 is 9.64 Å². The molecule has 1 aromatic carbocycles. The Hall–Kier alpha value is -2.18. The normalized spacial score (nSPS) is 20.1. The second-order valence-corrected chi connectivity index (χ2v) is 8.03. The number of hydrogen-bond acceptors (Lipinski definition) is 4. The summed E-state index contributed by atoms with van der Waals surface area (Å²) in [5.41, 5.74) is 4.50. The van der Waals surface area contributed by atoms with Gasteiger partial charge in [0.2, 0.25) is 0 Å². The second kappa shape index (κ2) is 7.68. The van der Waals surface area contributed by atoms with Gasteiger partial charge in [0.25, 0.3) is 5.91 Å². The van der Waals surface area contributed by atoms with Crippen molar-refractivity contribution in [3.8, 4) is 0 Å². The molecule has 0 atom stereocenters. The number of aryl methyl sites for hydroxylation is 2. The highest BCUT2D eigenvalue weighted by Crippen LogP contribution is 2.33. The number of piperidine rings is 1. The number of likely N-dealkylation sites (tertiary alicyclic amines) is 1. The quantitative estimate of drug-likeness (QED) is 0.816. The summed E-state index contributed by atoms with van der Waals surface area (Å²) in [7, 11) is 0. The summed E-state index contributed by atoms with van der Waals surface area (Å²) in [4.78, 5) is 16.8. The fourth-order valence-electron chi connectivity index (χ4n) is 4.47. The van der Waals surface area contributed by atoms with Crippen LogP contribution < -0.4 is 4.90 Å². The summed E-state index contributed by atoms with van der Waals surface area (Å²) >= 11 is 0. The fourth-order valence-corrected chi connectivity index (χ4v) is 4.47. The number of amides is 1. The zero-order chi connectivity index (χ0) is 19.7. The van der Waals surface area contributed by atoms with Crippen LogP contribution >= 0.6 is 0 Å². The van der Waals surface area contributed by atoms with Crippen LogP contribution in [0.25, 0.3) is 0 Å². The first-order chi connectivity index (χ1) is 13.5. The van der Waals surface area contributed by atoms with Crippen LogP contribution in [0.3, 0.4) is 0 Å². The molecule has 2 fully saturated rings. The van der Waals surface area contributed by atoms with Crippen molar-refractivity contribution in [3.05, 3.63) is 47.3 Å². The molecule has 0 unspecified atom stereocenters. The first-order valence-corrected chi connectivity index (χ1v) is 10.3. The minimum atomic E-state index is -0.224. The molecule has 2 saturated heterocycles. The maximum absolute atomic E-state index is 12.4. The lowest BCUT2D eigenvalue weighted by molar-refractivity contribution is -0.144. The van der Waals surface area contributed by atoms with E-state index >= 15 is 0 Å². The van der Waals surface area contributed by atoms with Gasteiger partial charge in [0.15, 0.2) is 0 Å². The second-order valence-electron chi connectivity index (χ2n) is 8.03. The lowest BCUT2D eigenvalue weighted by Gasteiger charge is -2.47. The number of carbonyl (C=O) groups excluding carboxylic acids is 1. The third-order valence-electron chi connectivity index (χ3n) is 6.30. The average Bonchev–Trinajstić information content (AvgIpc) is 3.00. The van der Waals surface area contributed by atoms with E-state index in [0.717, 1.165) is 50.4 Å². The van der Waals surface area contributed by atoms with Crippen LogP contribution in [-0.2, 0) is 22.6 Å². The largest absolute Gasteiger partial charge is 0.363 e. The SMILES string of the molecule is CCn1nc(C)c(CN2CCC3(CC2)CN(c2ccccc2)C(=O)CO3)c1C. The standard InChI is InChI=1S/C22H30N4O2/c1-4-26-18(3)20(17(2)23-26)14-24-12-10-22(11-13-24)16-25(21(27)15-28-22)19-8-6-5-7-9-19/h5-9H,4,10-16H2,1-3H3. The van der Waals surface area contributed by atoms with Crippen molar-refractivity contribution < 1.29 is 9.53 Å². The fraction of sp³-hybridized carbons (Fsp3) is 0.545. The van der Waals surface area contributed by atoms with Gasteiger partial charge in [-0.15, -0.1) is 0 Å². The number of para-hydroxylation sites is 1. The van der Waals surface area contributed by atoms with Gasteiger partial charge in [-0.3, -0.25) is 14.4 Å². The van der Waals surface area contributed by atoms with E-state index in [-0.39, 0.29) is 18.1 Å². The van der Waals surface area contributed by atoms with Crippen molar-refractivity contribution in [1.82, 2.24) is 14.7 Å². The third kappa shape index (κ3) is 3.59. The van der Waals surface area contributed by atoms with E-state index in [1.807, 2.05) is 35.2 Å². The lowest BCUT2D eigenvalue weighted by Crippen LogP contribution is -2.58. The smallest absolute Gasteiger partial charge is 0.253 e. The molecular formula is C22H30N4O2. The van der Waals surface area contributed by atoms with Crippen molar-refractivity contribution in [3.63, 3.8) is 0 Å². The maximum Gasteiger partial charge on any atom is 0.253 e. The summed E-state index contributed by atoms with van der Waals surface area (Å²) < 4.78 is 8.19. The number of aromatic nitrogens is 2. The first-order valence-electron chi connectivity index (χ1n) is 10.3. The predicted molar refractivity (Wildman–Crippen MR) is 109 cm³/mol. The molecule has 4 rings (SSSR count). The zero-order valence-electron chi connectivity index (χ0n) is 17.1. The summed E-state index contributed by atoms with van der Waals surface area (Å²) in [5, 5.41) is 4.65. The van der Waals surface area contributed by atoms with Crippen molar-refractivity contribution in [2.24, 2.45) is 0 Å². The van der Waals surface area contributed by atoms with E-state index in [1.165, 1.54) is 11.3 Å². The molecule has 1 aromatic heterocycles. The van der Waals surface area contributed by atoms with Crippen LogP contribution in [-0.4, -0.2) is 52.4 Å². The number of benzene rings is 1. The molecule has 2 aromatic rings. The van der Waals surface area contributed by atoms with Gasteiger partial charge in [-0.1, -0.05) is 18.2 Å². The average molecular weight is 383 g/mol. The molecule has 6 heteroatoms. The molecule has 0 N–H and O–H groups in total. The van der Waals surface area contributed by atoms with E-state index in [2.05, 4.69) is 35.5 Å². The van der Waals surface area contributed by atoms with E-state index in [4.69, 9.17) is 4.74 Å². The van der Waals surface area contributed by atoms with Crippen LogP contribution in [0.1, 0.15) is 36.7 Å². The molecule has 1 spiro atoms. The molecule has 28 heavy (non-hydrogen) atoms. The summed E-state index contributed by atoms with van der Waals surface area (Å²) in [6, 6.07) is 9.95. The zero-order valence-corrected chi connectivity index (χ0v) is 17.1. The minimum Gasteiger partial charge on any atom is -0.363 e. The molecule has 2 aliphatic rings. The van der Waals surface area contributed by atoms with E-state index in [9.17, 15) is 4.79 Å². The molecule has 0 aliphatic carbocycles. The van der Waals surface area contributed by atoms with E-state index < -0.39 is 0 Å². The third-order valence-corrected chi connectivity index (χ3v) is 6.30. The molecule has 0 saturated carbocycles. The van der Waals surface area contributed by atoms with Gasteiger partial charge in [-0.2, -0.15) is 5.10 Å². The Morgan fingerprint density at radius 3 is 2.50 bits per heavy atom.